The normalized spacial score (nSPS) is 22.8. The van der Waals surface area contributed by atoms with Crippen LogP contribution in [-0.4, -0.2) is 64.5 Å². The van der Waals surface area contributed by atoms with Crippen molar-refractivity contribution in [1.29, 1.82) is 0 Å². The summed E-state index contributed by atoms with van der Waals surface area (Å²) in [5.74, 6) is -1.77. The summed E-state index contributed by atoms with van der Waals surface area (Å²) in [6.07, 6.45) is 3.62. The van der Waals surface area contributed by atoms with E-state index >= 15 is 4.39 Å². The van der Waals surface area contributed by atoms with Gasteiger partial charge in [-0.05, 0) is 37.7 Å². The molecule has 2 unspecified atom stereocenters. The lowest BCUT2D eigenvalue weighted by Crippen LogP contribution is -2.47. The summed E-state index contributed by atoms with van der Waals surface area (Å²) < 4.78 is 22.8. The molecule has 170 valence electrons. The largest absolute Gasteiger partial charge is 0.492 e. The summed E-state index contributed by atoms with van der Waals surface area (Å²) >= 11 is 0. The summed E-state index contributed by atoms with van der Waals surface area (Å²) in [4.78, 5) is 39.4. The van der Waals surface area contributed by atoms with Crippen LogP contribution in [0.15, 0.2) is 17.1 Å². The van der Waals surface area contributed by atoms with Crippen LogP contribution in [0.4, 0.5) is 14.9 Å². The molecular formula is C22H24FN3O6. The number of amides is 1. The third-order valence-electron chi connectivity index (χ3n) is 6.92. The Bertz CT molecular complexity index is 1190. The number of fused-ring (bicyclic) bond motifs is 2. The molecule has 3 heterocycles. The maximum absolute atomic E-state index is 15.5. The number of ether oxygens (including phenoxy) is 1. The van der Waals surface area contributed by atoms with Crippen molar-refractivity contribution < 1.29 is 28.9 Å². The van der Waals surface area contributed by atoms with Crippen molar-refractivity contribution in [2.45, 2.75) is 37.8 Å². The van der Waals surface area contributed by atoms with E-state index in [-0.39, 0.29) is 34.8 Å². The molecule has 1 aliphatic carbocycles. The molecule has 2 atom stereocenters. The summed E-state index contributed by atoms with van der Waals surface area (Å²) in [5, 5.41) is 19.0. The smallest absolute Gasteiger partial charge is 0.407 e. The second kappa shape index (κ2) is 7.39. The predicted octanol–water partition coefficient (Wildman–Crippen LogP) is 2.76. The number of hydrogen-bond acceptors (Lipinski definition) is 5. The standard InChI is InChI=1S/C22H24FN3O6/c1-32-20-17-13(19(27)14(21(28)29)9-26(17)12-4-5-12)7-15(23)18(20)24-8-11-3-2-6-25(22(30)31)16(11)10-24/h7,9,11-12,16H,2-6,8,10H2,1H3,(H,28,29)(H,30,31). The number of likely N-dealkylation sites (tertiary alicyclic amines) is 1. The number of piperidine rings is 1. The molecule has 10 heteroatoms. The van der Waals surface area contributed by atoms with Gasteiger partial charge in [-0.1, -0.05) is 0 Å². The second-order valence-electron chi connectivity index (χ2n) is 8.80. The molecule has 0 bridgehead atoms. The molecule has 1 saturated carbocycles. The van der Waals surface area contributed by atoms with E-state index in [1.54, 1.807) is 9.47 Å². The van der Waals surface area contributed by atoms with E-state index in [2.05, 4.69) is 0 Å². The van der Waals surface area contributed by atoms with E-state index in [0.29, 0.717) is 25.2 Å². The third kappa shape index (κ3) is 3.08. The Labute approximate surface area is 182 Å². The van der Waals surface area contributed by atoms with Crippen LogP contribution in [0, 0.1) is 11.7 Å². The zero-order valence-corrected chi connectivity index (χ0v) is 17.6. The van der Waals surface area contributed by atoms with Crippen molar-refractivity contribution in [2.24, 2.45) is 5.92 Å². The minimum absolute atomic E-state index is 0.0204. The Morgan fingerprint density at radius 3 is 2.56 bits per heavy atom. The summed E-state index contributed by atoms with van der Waals surface area (Å²) in [5.41, 5.74) is -0.578. The fourth-order valence-corrected chi connectivity index (χ4v) is 5.32. The van der Waals surface area contributed by atoms with Gasteiger partial charge in [0.2, 0.25) is 5.43 Å². The SMILES string of the molecule is COc1c(N2CC3CCCN(C(=O)O)C3C2)c(F)cc2c(=O)c(C(=O)O)cn(C3CC3)c12. The molecular weight excluding hydrogens is 421 g/mol. The maximum atomic E-state index is 15.5. The molecule has 2 aliphatic heterocycles. The maximum Gasteiger partial charge on any atom is 0.407 e. The number of halogens is 1. The molecule has 2 aromatic rings. The Morgan fingerprint density at radius 2 is 1.94 bits per heavy atom. The fraction of sp³-hybridized carbons (Fsp3) is 0.500. The Balaban J connectivity index is 1.68. The predicted molar refractivity (Wildman–Crippen MR) is 113 cm³/mol. The highest BCUT2D eigenvalue weighted by Gasteiger charge is 2.43. The van der Waals surface area contributed by atoms with Crippen molar-refractivity contribution in [3.8, 4) is 5.75 Å². The Kier molecular flexibility index (Phi) is 4.75. The highest BCUT2D eigenvalue weighted by atomic mass is 19.1. The van der Waals surface area contributed by atoms with Crippen molar-refractivity contribution >= 4 is 28.7 Å². The first-order valence-electron chi connectivity index (χ1n) is 10.7. The molecule has 2 saturated heterocycles. The molecule has 0 radical (unpaired) electrons. The highest BCUT2D eigenvalue weighted by molar-refractivity contribution is 5.97. The Hall–Kier alpha value is -3.30. The lowest BCUT2D eigenvalue weighted by atomic mass is 9.92. The highest BCUT2D eigenvalue weighted by Crippen LogP contribution is 2.45. The number of anilines is 1. The number of carboxylic acids is 1. The zero-order valence-electron chi connectivity index (χ0n) is 17.6. The fourth-order valence-electron chi connectivity index (χ4n) is 5.32. The van der Waals surface area contributed by atoms with Crippen LogP contribution in [0.3, 0.4) is 0 Å². The van der Waals surface area contributed by atoms with Crippen LogP contribution in [0.1, 0.15) is 42.1 Å². The Morgan fingerprint density at radius 1 is 1.19 bits per heavy atom. The number of methoxy groups -OCH3 is 1. The molecule has 1 aromatic carbocycles. The average Bonchev–Trinajstić information content (AvgIpc) is 3.50. The first-order chi connectivity index (χ1) is 15.3. The van der Waals surface area contributed by atoms with Crippen LogP contribution in [0.2, 0.25) is 0 Å². The van der Waals surface area contributed by atoms with Gasteiger partial charge in [0.15, 0.2) is 11.6 Å². The summed E-state index contributed by atoms with van der Waals surface area (Å²) in [6.45, 7) is 1.27. The quantitative estimate of drug-likeness (QED) is 0.744. The number of carboxylic acid groups (broad SMARTS) is 2. The van der Waals surface area contributed by atoms with E-state index in [1.165, 1.54) is 18.2 Å². The van der Waals surface area contributed by atoms with Crippen molar-refractivity contribution in [2.75, 3.05) is 31.6 Å². The minimum Gasteiger partial charge on any atom is -0.492 e. The van der Waals surface area contributed by atoms with Crippen molar-refractivity contribution in [3.63, 3.8) is 0 Å². The van der Waals surface area contributed by atoms with Gasteiger partial charge < -0.3 is 29.3 Å². The third-order valence-corrected chi connectivity index (χ3v) is 6.92. The van der Waals surface area contributed by atoms with Crippen LogP contribution >= 0.6 is 0 Å². The monoisotopic (exact) mass is 445 g/mol. The number of carbonyl (C=O) groups is 2. The van der Waals surface area contributed by atoms with Gasteiger partial charge in [0.25, 0.3) is 0 Å². The van der Waals surface area contributed by atoms with Crippen molar-refractivity contribution in [1.82, 2.24) is 9.47 Å². The van der Waals surface area contributed by atoms with E-state index in [0.717, 1.165) is 31.7 Å². The molecule has 3 aliphatic rings. The van der Waals surface area contributed by atoms with Gasteiger partial charge in [-0.25, -0.2) is 14.0 Å². The molecule has 1 aromatic heterocycles. The molecule has 1 amide bonds. The number of aromatic nitrogens is 1. The minimum atomic E-state index is -1.35. The van der Waals surface area contributed by atoms with E-state index in [4.69, 9.17) is 4.74 Å². The van der Waals surface area contributed by atoms with Gasteiger partial charge in [0, 0.05) is 31.9 Å². The molecule has 32 heavy (non-hydrogen) atoms. The number of aromatic carboxylic acids is 1. The summed E-state index contributed by atoms with van der Waals surface area (Å²) in [6, 6.07) is 0.880. The number of hydrogen-bond donors (Lipinski definition) is 2. The van der Waals surface area contributed by atoms with Crippen LogP contribution in [0.5, 0.6) is 5.75 Å². The topological polar surface area (TPSA) is 112 Å². The lowest BCUT2D eigenvalue weighted by Gasteiger charge is -2.34. The summed E-state index contributed by atoms with van der Waals surface area (Å²) in [7, 11) is 1.40. The van der Waals surface area contributed by atoms with Gasteiger partial charge in [-0.3, -0.25) is 4.79 Å². The van der Waals surface area contributed by atoms with Gasteiger partial charge in [-0.2, -0.15) is 0 Å². The number of nitrogens with zero attached hydrogens (tertiary/aromatic N) is 3. The molecule has 9 nitrogen and oxygen atoms in total. The zero-order chi connectivity index (χ0) is 22.7. The van der Waals surface area contributed by atoms with Gasteiger partial charge in [-0.15, -0.1) is 0 Å². The van der Waals surface area contributed by atoms with Crippen LogP contribution in [-0.2, 0) is 0 Å². The molecule has 2 N–H and O–H groups in total. The van der Waals surface area contributed by atoms with E-state index in [1.807, 2.05) is 0 Å². The van der Waals surface area contributed by atoms with Gasteiger partial charge in [0.1, 0.15) is 11.3 Å². The molecule has 3 fully saturated rings. The first-order valence-corrected chi connectivity index (χ1v) is 10.7. The van der Waals surface area contributed by atoms with Gasteiger partial charge in [0.05, 0.1) is 24.1 Å². The second-order valence-corrected chi connectivity index (χ2v) is 8.80. The first kappa shape index (κ1) is 20.6. The lowest BCUT2D eigenvalue weighted by molar-refractivity contribution is 0.0694. The van der Waals surface area contributed by atoms with Crippen molar-refractivity contribution in [3.05, 3.63) is 33.9 Å². The van der Waals surface area contributed by atoms with Gasteiger partial charge >= 0.3 is 12.1 Å². The molecule has 0 spiro atoms. The number of pyridine rings is 1. The van der Waals surface area contributed by atoms with E-state index < -0.39 is 28.9 Å². The van der Waals surface area contributed by atoms with Crippen LogP contribution < -0.4 is 15.1 Å². The number of rotatable bonds is 4. The molecule has 5 rings (SSSR count). The number of benzene rings is 1. The average molecular weight is 445 g/mol. The van der Waals surface area contributed by atoms with Crippen LogP contribution in [0.25, 0.3) is 10.9 Å². The van der Waals surface area contributed by atoms with E-state index in [9.17, 15) is 24.6 Å².